The average molecular weight is 1540 g/mol. The predicted octanol–water partition coefficient (Wildman–Crippen LogP) is 28.4. The lowest BCUT2D eigenvalue weighted by atomic mass is 9.96. The molecule has 0 saturated carbocycles. The molecule has 120 heavy (non-hydrogen) atoms. The summed E-state index contributed by atoms with van der Waals surface area (Å²) in [6, 6.07) is 133. The third-order valence-electron chi connectivity index (χ3n) is 22.7. The Balaban J connectivity index is 0.000000140. The van der Waals surface area contributed by atoms with Crippen LogP contribution < -0.4 is 0 Å². The molecule has 0 aliphatic carbocycles. The van der Waals surface area contributed by atoms with E-state index in [2.05, 4.69) is 206 Å². The van der Waals surface area contributed by atoms with Crippen molar-refractivity contribution in [2.45, 2.75) is 0 Å². The first-order chi connectivity index (χ1) is 59.4. The zero-order chi connectivity index (χ0) is 79.1. The van der Waals surface area contributed by atoms with Crippen LogP contribution in [0.25, 0.3) is 245 Å². The third kappa shape index (κ3) is 12.2. The van der Waals surface area contributed by atoms with Gasteiger partial charge in [-0.2, -0.15) is 0 Å². The number of rotatable bonds is 12. The first-order valence-corrected chi connectivity index (χ1v) is 39.9. The molecule has 0 saturated heterocycles. The van der Waals surface area contributed by atoms with Crippen LogP contribution in [0.15, 0.2) is 406 Å². The number of hydrogen-bond acceptors (Lipinski definition) is 12. The fourth-order valence-corrected chi connectivity index (χ4v) is 16.8. The number of fused-ring (bicyclic) bond motifs is 16. The third-order valence-corrected chi connectivity index (χ3v) is 22.7. The summed E-state index contributed by atoms with van der Waals surface area (Å²) in [4.78, 5) is 40.4. The normalized spacial score (nSPS) is 11.7. The Morgan fingerprint density at radius 3 is 0.825 bits per heavy atom. The fourth-order valence-electron chi connectivity index (χ4n) is 16.8. The number of benzene rings is 16. The predicted molar refractivity (Wildman–Crippen MR) is 485 cm³/mol. The Morgan fingerprint density at radius 1 is 0.150 bits per heavy atom. The Bertz CT molecular complexity index is 8010. The van der Waals surface area contributed by atoms with E-state index in [1.54, 1.807) is 0 Å². The molecule has 0 bridgehead atoms. The second kappa shape index (κ2) is 28.8. The maximum atomic E-state index is 6.64. The van der Waals surface area contributed by atoms with Crippen molar-refractivity contribution in [2.75, 3.05) is 0 Å². The monoisotopic (exact) mass is 1540 g/mol. The van der Waals surface area contributed by atoms with Gasteiger partial charge in [-0.15, -0.1) is 0 Å². The minimum atomic E-state index is 0.600. The van der Waals surface area contributed by atoms with Gasteiger partial charge in [0.05, 0.1) is 33.2 Å². The highest BCUT2D eigenvalue weighted by molar-refractivity contribution is 6.21. The van der Waals surface area contributed by atoms with Gasteiger partial charge in [0.25, 0.3) is 0 Å². The fraction of sp³-hybridized carbons (Fsp3) is 0. The summed E-state index contributed by atoms with van der Waals surface area (Å²) >= 11 is 0. The van der Waals surface area contributed by atoms with E-state index in [0.29, 0.717) is 34.9 Å². The quantitative estimate of drug-likeness (QED) is 0.114. The molecular formula is C108H64N8O4. The molecule has 24 aromatic rings. The van der Waals surface area contributed by atoms with E-state index in [9.17, 15) is 0 Å². The zero-order valence-corrected chi connectivity index (χ0v) is 64.2. The van der Waals surface area contributed by atoms with Crippen molar-refractivity contribution in [1.82, 2.24) is 39.9 Å². The first kappa shape index (κ1) is 69.1. The van der Waals surface area contributed by atoms with Crippen LogP contribution in [0.4, 0.5) is 0 Å². The molecule has 16 aromatic carbocycles. The highest BCUT2D eigenvalue weighted by Crippen LogP contribution is 2.46. The Hall–Kier alpha value is -16.4. The van der Waals surface area contributed by atoms with Crippen molar-refractivity contribution in [3.05, 3.63) is 388 Å². The van der Waals surface area contributed by atoms with Crippen LogP contribution in [0.5, 0.6) is 0 Å². The SMILES string of the molecule is c1ccc(-c2nc(-c3ccccc3)nc(-c3ccc(-c4nc5cc(-c6ccc(-c7cccc8c7oc7ccccc78)cc6)ccc5c5oc6ccccc6c45)cc3)n2)cc1.c1ccc(-c2nc(-c3ccccc3)nc(-c3ccc(-c4nc5cc(-c6cccc(-c7cccc8c7oc7ccccc78)c6)ccc5c5oc6ccccc6c45)cc3)n2)cc1. The minimum absolute atomic E-state index is 0.600. The van der Waals surface area contributed by atoms with Gasteiger partial charge in [-0.1, -0.05) is 334 Å². The van der Waals surface area contributed by atoms with Crippen molar-refractivity contribution in [1.29, 1.82) is 0 Å². The minimum Gasteiger partial charge on any atom is -0.455 e. The van der Waals surface area contributed by atoms with Gasteiger partial charge in [0.1, 0.15) is 44.7 Å². The van der Waals surface area contributed by atoms with Gasteiger partial charge in [0.15, 0.2) is 34.9 Å². The molecule has 0 N–H and O–H groups in total. The van der Waals surface area contributed by atoms with Gasteiger partial charge in [-0.05, 0) is 88.0 Å². The first-order valence-electron chi connectivity index (χ1n) is 39.9. The van der Waals surface area contributed by atoms with Crippen molar-refractivity contribution >= 4 is 110 Å². The molecule has 0 fully saturated rings. The summed E-state index contributed by atoms with van der Waals surface area (Å²) in [5.74, 6) is 3.70. The standard InChI is InChI=1S/2C54H32N4O2/c1-3-13-34(14-4-1)52-56-53(35-15-5-2-6-16-35)58-54(57-52)36-27-25-33(26-28-36)49-48-44-20-8-10-24-47(44)60-51(48)43-30-29-38(32-45(43)55-49)37-17-11-18-39(31-37)40-21-12-22-42-41-19-7-9-23-46(41)59-50(40)42;1-3-12-36(13-4-1)52-56-53(37-14-5-2-6-15-37)58-54(57-52)38-28-26-35(27-29-38)49-48-44-17-8-10-21-47(44)60-51(48)43-31-30-39(32-45(43)55-49)33-22-24-34(25-23-33)40-18-11-19-42-41-16-7-9-20-46(41)59-50(40)42/h2*1-32H. The second-order valence-electron chi connectivity index (χ2n) is 29.9. The van der Waals surface area contributed by atoms with Gasteiger partial charge in [-0.3, -0.25) is 0 Å². The largest absolute Gasteiger partial charge is 0.455 e. The van der Waals surface area contributed by atoms with Crippen molar-refractivity contribution in [3.63, 3.8) is 0 Å². The molecule has 0 aliphatic rings. The highest BCUT2D eigenvalue weighted by atomic mass is 16.3. The molecule has 0 atom stereocenters. The van der Waals surface area contributed by atoms with E-state index < -0.39 is 0 Å². The van der Waals surface area contributed by atoms with Crippen molar-refractivity contribution in [2.24, 2.45) is 0 Å². The second-order valence-corrected chi connectivity index (χ2v) is 29.9. The lowest BCUT2D eigenvalue weighted by Crippen LogP contribution is -2.00. The molecule has 0 unspecified atom stereocenters. The van der Waals surface area contributed by atoms with E-state index in [-0.39, 0.29) is 0 Å². The van der Waals surface area contributed by atoms with Crippen LogP contribution in [0.1, 0.15) is 0 Å². The maximum Gasteiger partial charge on any atom is 0.164 e. The smallest absolute Gasteiger partial charge is 0.164 e. The van der Waals surface area contributed by atoms with E-state index in [0.717, 1.165) is 210 Å². The number of aromatic nitrogens is 8. The van der Waals surface area contributed by atoms with E-state index >= 15 is 0 Å². The van der Waals surface area contributed by atoms with Gasteiger partial charge in [0.2, 0.25) is 0 Å². The lowest BCUT2D eigenvalue weighted by Gasteiger charge is -2.11. The maximum absolute atomic E-state index is 6.64. The lowest BCUT2D eigenvalue weighted by molar-refractivity contribution is 0.669. The van der Waals surface area contributed by atoms with Crippen LogP contribution in [-0.4, -0.2) is 39.9 Å². The topological polar surface area (TPSA) is 156 Å². The molecule has 12 nitrogen and oxygen atoms in total. The highest BCUT2D eigenvalue weighted by Gasteiger charge is 2.24. The number of hydrogen-bond donors (Lipinski definition) is 0. The van der Waals surface area contributed by atoms with Crippen LogP contribution >= 0.6 is 0 Å². The van der Waals surface area contributed by atoms with Gasteiger partial charge in [-0.25, -0.2) is 39.9 Å². The molecule has 24 rings (SSSR count). The summed E-state index contributed by atoms with van der Waals surface area (Å²) < 4.78 is 26.0. The number of nitrogens with zero attached hydrogens (tertiary/aromatic N) is 8. The number of pyridine rings is 2. The van der Waals surface area contributed by atoms with Crippen LogP contribution in [0, 0.1) is 0 Å². The molecule has 0 amide bonds. The summed E-state index contributed by atoms with van der Waals surface area (Å²) in [6.45, 7) is 0. The summed E-state index contributed by atoms with van der Waals surface area (Å²) in [5, 5.41) is 10.4. The summed E-state index contributed by atoms with van der Waals surface area (Å²) in [7, 11) is 0. The molecular weight excluding hydrogens is 1470 g/mol. The Labute approximate surface area is 686 Å². The van der Waals surface area contributed by atoms with Crippen LogP contribution in [0.2, 0.25) is 0 Å². The van der Waals surface area contributed by atoms with E-state index in [1.807, 2.05) is 182 Å². The van der Waals surface area contributed by atoms with Gasteiger partial charge >= 0.3 is 0 Å². The molecule has 0 spiro atoms. The molecule has 8 heterocycles. The summed E-state index contributed by atoms with van der Waals surface area (Å²) in [6.07, 6.45) is 0. The zero-order valence-electron chi connectivity index (χ0n) is 64.2. The van der Waals surface area contributed by atoms with Crippen LogP contribution in [-0.2, 0) is 0 Å². The average Bonchev–Trinajstić information content (AvgIpc) is 1.54. The van der Waals surface area contributed by atoms with Gasteiger partial charge < -0.3 is 17.7 Å². The van der Waals surface area contributed by atoms with Crippen LogP contribution in [0.3, 0.4) is 0 Å². The van der Waals surface area contributed by atoms with E-state index in [4.69, 9.17) is 57.5 Å². The molecule has 12 heteroatoms. The Morgan fingerprint density at radius 2 is 0.417 bits per heavy atom. The number of para-hydroxylation sites is 6. The molecule has 0 radical (unpaired) electrons. The molecule has 8 aromatic heterocycles. The van der Waals surface area contributed by atoms with E-state index in [1.165, 1.54) is 0 Å². The van der Waals surface area contributed by atoms with Gasteiger partial charge in [0, 0.05) is 98.7 Å². The number of furan rings is 4. The van der Waals surface area contributed by atoms with Crippen molar-refractivity contribution < 1.29 is 17.7 Å². The van der Waals surface area contributed by atoms with Crippen molar-refractivity contribution in [3.8, 4) is 135 Å². The summed E-state index contributed by atoms with van der Waals surface area (Å²) in [5.41, 5.74) is 26.3. The Kier molecular flexibility index (Phi) is 16.6. The molecule has 560 valence electrons. The molecule has 0 aliphatic heterocycles.